The number of hydrogen-bond donors (Lipinski definition) is 1. The van der Waals surface area contributed by atoms with Crippen molar-refractivity contribution in [2.45, 2.75) is 40.0 Å². The second-order valence-electron chi connectivity index (χ2n) is 7.48. The zero-order valence-corrected chi connectivity index (χ0v) is 18.3. The fraction of sp³-hybridized carbons (Fsp3) is 0.286. The summed E-state index contributed by atoms with van der Waals surface area (Å²) >= 11 is 7.01. The first kappa shape index (κ1) is 18.4. The first-order chi connectivity index (χ1) is 11.7. The molecule has 1 N–H and O–H groups in total. The summed E-state index contributed by atoms with van der Waals surface area (Å²) in [5.74, 6) is 0. The Morgan fingerprint density at radius 1 is 1.00 bits per heavy atom. The first-order valence-corrected chi connectivity index (χ1v) is 9.89. The lowest BCUT2D eigenvalue weighted by Gasteiger charge is -2.23. The van der Waals surface area contributed by atoms with E-state index >= 15 is 0 Å². The molecule has 0 spiro atoms. The zero-order chi connectivity index (χ0) is 18.4. The van der Waals surface area contributed by atoms with E-state index in [1.54, 1.807) is 0 Å². The van der Waals surface area contributed by atoms with Gasteiger partial charge in [0, 0.05) is 11.3 Å². The Morgan fingerprint density at radius 2 is 1.64 bits per heavy atom. The highest BCUT2D eigenvalue weighted by molar-refractivity contribution is 9.18. The van der Waals surface area contributed by atoms with E-state index in [1.807, 2.05) is 12.1 Å². The number of allylic oxidation sites excluding steroid dienone is 2. The van der Waals surface area contributed by atoms with Gasteiger partial charge in [0.15, 0.2) is 0 Å². The van der Waals surface area contributed by atoms with Crippen LogP contribution in [0.25, 0.3) is 5.57 Å². The number of aromatic amines is 1. The van der Waals surface area contributed by atoms with Crippen molar-refractivity contribution in [2.75, 3.05) is 0 Å². The van der Waals surface area contributed by atoms with E-state index in [2.05, 4.69) is 101 Å². The minimum atomic E-state index is 0.130. The van der Waals surface area contributed by atoms with Crippen molar-refractivity contribution in [1.82, 2.24) is 4.98 Å². The van der Waals surface area contributed by atoms with Crippen LogP contribution in [0.3, 0.4) is 0 Å². The van der Waals surface area contributed by atoms with Gasteiger partial charge in [0.1, 0.15) is 4.62 Å². The van der Waals surface area contributed by atoms with E-state index in [0.29, 0.717) is 0 Å². The molecule has 2 aromatic rings. The number of halogens is 2. The average Bonchev–Trinajstić information content (AvgIpc) is 3.10. The van der Waals surface area contributed by atoms with Gasteiger partial charge in [0.05, 0.1) is 10.3 Å². The van der Waals surface area contributed by atoms with E-state index < -0.39 is 0 Å². The van der Waals surface area contributed by atoms with Crippen molar-refractivity contribution in [1.29, 1.82) is 0 Å². The zero-order valence-electron chi connectivity index (χ0n) is 15.2. The number of H-pyrrole nitrogens is 1. The number of rotatable bonds is 2. The van der Waals surface area contributed by atoms with Gasteiger partial charge in [0.25, 0.3) is 0 Å². The molecule has 0 saturated carbocycles. The van der Waals surface area contributed by atoms with Gasteiger partial charge < -0.3 is 4.98 Å². The summed E-state index contributed by atoms with van der Waals surface area (Å²) in [7, 11) is 0. The minimum Gasteiger partial charge on any atom is -0.349 e. The van der Waals surface area contributed by atoms with Crippen LogP contribution in [0.15, 0.2) is 51.7 Å². The quantitative estimate of drug-likeness (QED) is 0.508. The van der Waals surface area contributed by atoms with Crippen molar-refractivity contribution in [2.24, 2.45) is 4.99 Å². The van der Waals surface area contributed by atoms with Crippen LogP contribution in [0.1, 0.15) is 48.7 Å². The molecule has 1 aromatic heterocycles. The molecule has 0 unspecified atom stereocenters. The molecule has 1 aliphatic rings. The average molecular weight is 462 g/mol. The maximum atomic E-state index is 4.67. The fourth-order valence-corrected chi connectivity index (χ4v) is 3.85. The second-order valence-corrected chi connectivity index (χ2v) is 9.15. The van der Waals surface area contributed by atoms with E-state index in [1.165, 1.54) is 22.3 Å². The molecule has 25 heavy (non-hydrogen) atoms. The van der Waals surface area contributed by atoms with Crippen LogP contribution in [-0.2, 0) is 5.41 Å². The van der Waals surface area contributed by atoms with Gasteiger partial charge in [0.2, 0.25) is 0 Å². The van der Waals surface area contributed by atoms with Crippen LogP contribution in [0.5, 0.6) is 0 Å². The highest BCUT2D eigenvalue weighted by atomic mass is 79.9. The van der Waals surface area contributed by atoms with Crippen LogP contribution in [-0.4, -0.2) is 9.60 Å². The molecule has 0 radical (unpaired) electrons. The van der Waals surface area contributed by atoms with Gasteiger partial charge >= 0.3 is 0 Å². The number of nitrogens with zero attached hydrogens (tertiary/aromatic N) is 1. The third-order valence-electron chi connectivity index (χ3n) is 4.43. The Labute approximate surface area is 166 Å². The largest absolute Gasteiger partial charge is 0.349 e. The molecule has 1 aromatic carbocycles. The molecular formula is C21H22Br2N2. The Kier molecular flexibility index (Phi) is 4.95. The number of aliphatic imine (C=N–C) groups is 1. The second kappa shape index (κ2) is 6.73. The number of benzene rings is 1. The summed E-state index contributed by atoms with van der Waals surface area (Å²) in [4.78, 5) is 8.08. The molecule has 0 saturated heterocycles. The molecule has 1 aliphatic heterocycles. The van der Waals surface area contributed by atoms with E-state index in [-0.39, 0.29) is 5.41 Å². The first-order valence-electron chi connectivity index (χ1n) is 8.30. The molecular weight excluding hydrogens is 440 g/mol. The number of aryl methyl sites for hydroxylation is 2. The van der Waals surface area contributed by atoms with Crippen LogP contribution in [0, 0.1) is 13.8 Å². The Hall–Kier alpha value is -1.39. The minimum absolute atomic E-state index is 0.130. The van der Waals surface area contributed by atoms with Crippen molar-refractivity contribution in [3.63, 3.8) is 0 Å². The van der Waals surface area contributed by atoms with E-state index in [0.717, 1.165) is 26.2 Å². The van der Waals surface area contributed by atoms with E-state index in [9.17, 15) is 0 Å². The smallest absolute Gasteiger partial charge is 0.106 e. The molecule has 0 atom stereocenters. The molecule has 130 valence electrons. The number of nitrogens with one attached hydrogen (secondary N) is 1. The molecule has 0 aliphatic carbocycles. The summed E-state index contributed by atoms with van der Waals surface area (Å²) in [6.07, 6.45) is 4.05. The monoisotopic (exact) mass is 460 g/mol. The topological polar surface area (TPSA) is 28.1 Å². The van der Waals surface area contributed by atoms with Crippen molar-refractivity contribution >= 4 is 42.1 Å². The van der Waals surface area contributed by atoms with Gasteiger partial charge in [-0.15, -0.1) is 0 Å². The van der Waals surface area contributed by atoms with Crippen LogP contribution in [0.2, 0.25) is 0 Å². The van der Waals surface area contributed by atoms with Gasteiger partial charge in [-0.2, -0.15) is 0 Å². The van der Waals surface area contributed by atoms with Crippen molar-refractivity contribution in [3.05, 3.63) is 74.7 Å². The lowest BCUT2D eigenvalue weighted by molar-refractivity contribution is 0.589. The lowest BCUT2D eigenvalue weighted by atomic mass is 9.82. The number of hydrogen-bond acceptors (Lipinski definition) is 1. The van der Waals surface area contributed by atoms with Crippen LogP contribution in [0.4, 0.5) is 0 Å². The maximum Gasteiger partial charge on any atom is 0.106 e. The predicted molar refractivity (Wildman–Crippen MR) is 115 cm³/mol. The van der Waals surface area contributed by atoms with Gasteiger partial charge in [-0.3, -0.25) is 0 Å². The molecule has 4 heteroatoms. The molecule has 0 amide bonds. The fourth-order valence-electron chi connectivity index (χ4n) is 3.18. The van der Waals surface area contributed by atoms with E-state index in [4.69, 9.17) is 0 Å². The normalized spacial score (nSPS) is 16.4. The highest BCUT2D eigenvalue weighted by Crippen LogP contribution is 2.37. The van der Waals surface area contributed by atoms with Gasteiger partial charge in [-0.1, -0.05) is 32.9 Å². The van der Waals surface area contributed by atoms with Crippen LogP contribution < -0.4 is 0 Å². The summed E-state index contributed by atoms with van der Waals surface area (Å²) in [6, 6.07) is 8.73. The van der Waals surface area contributed by atoms with Gasteiger partial charge in [-0.25, -0.2) is 4.99 Å². The molecule has 2 heterocycles. The summed E-state index contributed by atoms with van der Waals surface area (Å²) in [6.45, 7) is 11.1. The molecule has 0 bridgehead atoms. The Morgan fingerprint density at radius 3 is 2.08 bits per heavy atom. The Balaban J connectivity index is 2.28. The third kappa shape index (κ3) is 3.75. The highest BCUT2D eigenvalue weighted by Gasteiger charge is 2.21. The standard InChI is InChI=1S/C21H22Br2N2/c1-12-10-14(21(3,4)5)11-13(2)19(12)20(15-6-8-17(22)24-15)16-7-9-18(23)25-16/h6-11,24H,1-5H3/b20-16+. The summed E-state index contributed by atoms with van der Waals surface area (Å²) < 4.78 is 1.82. The SMILES string of the molecule is Cc1cc(C(C)(C)C)cc(C)c1/C(=C1\C=CC(Br)=N1)c1ccc(Br)[nH]1. The van der Waals surface area contributed by atoms with Crippen molar-refractivity contribution < 1.29 is 0 Å². The number of aromatic nitrogens is 1. The van der Waals surface area contributed by atoms with Gasteiger partial charge in [-0.05, 0) is 97.7 Å². The van der Waals surface area contributed by atoms with Crippen LogP contribution >= 0.6 is 31.9 Å². The summed E-state index contributed by atoms with van der Waals surface area (Å²) in [5, 5.41) is 0. The van der Waals surface area contributed by atoms with Crippen molar-refractivity contribution in [3.8, 4) is 0 Å². The molecule has 2 nitrogen and oxygen atoms in total. The third-order valence-corrected chi connectivity index (χ3v) is 5.33. The Bertz CT molecular complexity index is 899. The maximum absolute atomic E-state index is 4.67. The predicted octanol–water partition coefficient (Wildman–Crippen LogP) is 6.81. The molecule has 3 rings (SSSR count). The molecule has 0 fully saturated rings. The summed E-state index contributed by atoms with van der Waals surface area (Å²) in [5.41, 5.74) is 8.43. The lowest BCUT2D eigenvalue weighted by Crippen LogP contribution is -2.12.